The van der Waals surface area contributed by atoms with Crippen molar-refractivity contribution in [1.29, 1.82) is 0 Å². The van der Waals surface area contributed by atoms with Crippen LogP contribution in [0.25, 0.3) is 0 Å². The summed E-state index contributed by atoms with van der Waals surface area (Å²) >= 11 is 0. The van der Waals surface area contributed by atoms with Gasteiger partial charge in [0, 0.05) is 58.9 Å². The number of hydrogen-bond acceptors (Lipinski definition) is 4. The smallest absolute Gasteiger partial charge is 0.289 e. The summed E-state index contributed by atoms with van der Waals surface area (Å²) in [6.07, 6.45) is 2.27. The van der Waals surface area contributed by atoms with E-state index in [0.717, 1.165) is 24.5 Å². The number of piperazine rings is 1. The van der Waals surface area contributed by atoms with E-state index in [1.54, 1.807) is 31.1 Å². The molecule has 8 nitrogen and oxygen atoms in total. The SMILES string of the molecule is CCNC(=NCCc1cccc(C(=O)N(C)C)c1)N1CCN(C(=O)c2ccco2)CC1.I. The van der Waals surface area contributed by atoms with E-state index in [9.17, 15) is 9.59 Å². The summed E-state index contributed by atoms with van der Waals surface area (Å²) in [5.41, 5.74) is 1.77. The Balaban J connectivity index is 0.00000363. The Morgan fingerprint density at radius 1 is 1.09 bits per heavy atom. The molecule has 0 spiro atoms. The lowest BCUT2D eigenvalue weighted by Crippen LogP contribution is -2.53. The molecular weight excluding hydrogens is 521 g/mol. The number of guanidine groups is 1. The minimum atomic E-state index is -0.0706. The number of nitrogens with one attached hydrogen (secondary N) is 1. The molecule has 0 saturated carbocycles. The second kappa shape index (κ2) is 12.5. The van der Waals surface area contributed by atoms with Crippen molar-refractivity contribution in [2.24, 2.45) is 4.99 Å². The number of carbonyl (C=O) groups excluding carboxylic acids is 2. The number of hydrogen-bond donors (Lipinski definition) is 1. The maximum atomic E-state index is 12.5. The lowest BCUT2D eigenvalue weighted by Gasteiger charge is -2.36. The summed E-state index contributed by atoms with van der Waals surface area (Å²) in [5.74, 6) is 1.16. The van der Waals surface area contributed by atoms with Crippen LogP contribution in [0.1, 0.15) is 33.4 Å². The van der Waals surface area contributed by atoms with Crippen molar-refractivity contribution in [2.75, 3.05) is 53.4 Å². The highest BCUT2D eigenvalue weighted by Crippen LogP contribution is 2.11. The standard InChI is InChI=1S/C23H31N5O3.HI/c1-4-24-23(25-11-10-18-7-5-8-19(17-18)21(29)26(2)3)28-14-12-27(13-15-28)22(30)20-9-6-16-31-20;/h5-9,16-17H,4,10-15H2,1-3H3,(H,24,25);1H. The topological polar surface area (TPSA) is 81.4 Å². The minimum absolute atomic E-state index is 0. The zero-order valence-electron chi connectivity index (χ0n) is 18.9. The van der Waals surface area contributed by atoms with Gasteiger partial charge in [0.1, 0.15) is 0 Å². The van der Waals surface area contributed by atoms with Crippen LogP contribution in [0.15, 0.2) is 52.1 Å². The van der Waals surface area contributed by atoms with Crippen molar-refractivity contribution < 1.29 is 14.0 Å². The summed E-state index contributed by atoms with van der Waals surface area (Å²) in [5, 5.41) is 3.35. The average molecular weight is 553 g/mol. The van der Waals surface area contributed by atoms with Gasteiger partial charge in [-0.25, -0.2) is 0 Å². The van der Waals surface area contributed by atoms with E-state index in [0.29, 0.717) is 44.0 Å². The molecule has 0 bridgehead atoms. The van der Waals surface area contributed by atoms with E-state index in [1.165, 1.54) is 6.26 Å². The number of rotatable bonds is 6. The molecule has 3 rings (SSSR count). The largest absolute Gasteiger partial charge is 0.459 e. The first-order valence-electron chi connectivity index (χ1n) is 10.7. The van der Waals surface area contributed by atoms with Gasteiger partial charge in [0.15, 0.2) is 11.7 Å². The highest BCUT2D eigenvalue weighted by Gasteiger charge is 2.25. The van der Waals surface area contributed by atoms with Crippen molar-refractivity contribution in [3.63, 3.8) is 0 Å². The fourth-order valence-corrected chi connectivity index (χ4v) is 3.51. The van der Waals surface area contributed by atoms with E-state index >= 15 is 0 Å². The Morgan fingerprint density at radius 2 is 1.81 bits per heavy atom. The Kier molecular flexibility index (Phi) is 10.0. The molecule has 32 heavy (non-hydrogen) atoms. The van der Waals surface area contributed by atoms with E-state index in [4.69, 9.17) is 9.41 Å². The Bertz CT molecular complexity index is 906. The van der Waals surface area contributed by atoms with E-state index in [-0.39, 0.29) is 35.8 Å². The lowest BCUT2D eigenvalue weighted by atomic mass is 10.1. The highest BCUT2D eigenvalue weighted by atomic mass is 127. The van der Waals surface area contributed by atoms with Gasteiger partial charge in [0.25, 0.3) is 11.8 Å². The summed E-state index contributed by atoms with van der Waals surface area (Å²) in [4.78, 5) is 35.0. The highest BCUT2D eigenvalue weighted by molar-refractivity contribution is 14.0. The molecule has 9 heteroatoms. The van der Waals surface area contributed by atoms with E-state index < -0.39 is 0 Å². The second-order valence-corrected chi connectivity index (χ2v) is 7.64. The summed E-state index contributed by atoms with van der Waals surface area (Å²) in [7, 11) is 3.51. The van der Waals surface area contributed by atoms with Gasteiger partial charge >= 0.3 is 0 Å². The van der Waals surface area contributed by atoms with Crippen LogP contribution in [-0.4, -0.2) is 85.8 Å². The molecule has 1 fully saturated rings. The Labute approximate surface area is 206 Å². The number of amides is 2. The number of carbonyl (C=O) groups is 2. The van der Waals surface area contributed by atoms with E-state index in [1.807, 2.05) is 36.1 Å². The van der Waals surface area contributed by atoms with E-state index in [2.05, 4.69) is 10.2 Å². The number of benzene rings is 1. The molecular formula is C23H32IN5O3. The third-order valence-electron chi connectivity index (χ3n) is 5.18. The molecule has 2 heterocycles. The molecule has 1 aromatic heterocycles. The quantitative estimate of drug-likeness (QED) is 0.338. The third kappa shape index (κ3) is 6.72. The van der Waals surface area contributed by atoms with Crippen LogP contribution < -0.4 is 5.32 Å². The lowest BCUT2D eigenvalue weighted by molar-refractivity contribution is 0.0657. The molecule has 1 saturated heterocycles. The number of furan rings is 1. The summed E-state index contributed by atoms with van der Waals surface area (Å²) in [6.45, 7) is 6.11. The average Bonchev–Trinajstić information content (AvgIpc) is 3.33. The van der Waals surface area contributed by atoms with Gasteiger partial charge in [-0.15, -0.1) is 24.0 Å². The van der Waals surface area contributed by atoms with Crippen LogP contribution in [0.3, 0.4) is 0 Å². The van der Waals surface area contributed by atoms with Crippen LogP contribution in [-0.2, 0) is 6.42 Å². The normalized spacial score (nSPS) is 14.0. The molecule has 1 aliphatic heterocycles. The van der Waals surface area contributed by atoms with Crippen LogP contribution >= 0.6 is 24.0 Å². The van der Waals surface area contributed by atoms with Gasteiger partial charge in [-0.05, 0) is 43.2 Å². The number of aliphatic imine (C=N–C) groups is 1. The molecule has 0 atom stereocenters. The van der Waals surface area contributed by atoms with Crippen molar-refractivity contribution in [2.45, 2.75) is 13.3 Å². The van der Waals surface area contributed by atoms with Gasteiger partial charge < -0.3 is 24.4 Å². The Morgan fingerprint density at radius 3 is 2.44 bits per heavy atom. The van der Waals surface area contributed by atoms with Crippen LogP contribution in [0.4, 0.5) is 0 Å². The first-order valence-corrected chi connectivity index (χ1v) is 10.7. The molecule has 0 aliphatic carbocycles. The molecule has 174 valence electrons. The van der Waals surface area contributed by atoms with Gasteiger partial charge in [-0.1, -0.05) is 12.1 Å². The third-order valence-corrected chi connectivity index (χ3v) is 5.18. The minimum Gasteiger partial charge on any atom is -0.459 e. The maximum absolute atomic E-state index is 12.5. The Hall–Kier alpha value is -2.56. The monoisotopic (exact) mass is 553 g/mol. The molecule has 2 amide bonds. The van der Waals surface area contributed by atoms with Gasteiger partial charge in [0.05, 0.1) is 6.26 Å². The van der Waals surface area contributed by atoms with Crippen molar-refractivity contribution in [3.05, 3.63) is 59.5 Å². The first-order chi connectivity index (χ1) is 15.0. The van der Waals surface area contributed by atoms with Crippen LogP contribution in [0, 0.1) is 0 Å². The van der Waals surface area contributed by atoms with Crippen LogP contribution in [0.2, 0.25) is 0 Å². The van der Waals surface area contributed by atoms with Crippen molar-refractivity contribution in [3.8, 4) is 0 Å². The molecule has 2 aromatic rings. The van der Waals surface area contributed by atoms with Gasteiger partial charge in [-0.2, -0.15) is 0 Å². The molecule has 0 radical (unpaired) electrons. The molecule has 1 N–H and O–H groups in total. The first kappa shape index (κ1) is 25.7. The second-order valence-electron chi connectivity index (χ2n) is 7.64. The number of nitrogens with zero attached hydrogens (tertiary/aromatic N) is 4. The fourth-order valence-electron chi connectivity index (χ4n) is 3.51. The zero-order valence-corrected chi connectivity index (χ0v) is 21.2. The molecule has 0 unspecified atom stereocenters. The summed E-state index contributed by atoms with van der Waals surface area (Å²) < 4.78 is 5.23. The van der Waals surface area contributed by atoms with Crippen molar-refractivity contribution in [1.82, 2.24) is 20.0 Å². The number of halogens is 1. The zero-order chi connectivity index (χ0) is 22.2. The predicted octanol–water partition coefficient (Wildman–Crippen LogP) is 2.57. The van der Waals surface area contributed by atoms with Crippen LogP contribution in [0.5, 0.6) is 0 Å². The maximum Gasteiger partial charge on any atom is 0.289 e. The van der Waals surface area contributed by atoms with Gasteiger partial charge in [-0.3, -0.25) is 14.6 Å². The van der Waals surface area contributed by atoms with Crippen molar-refractivity contribution >= 4 is 41.8 Å². The van der Waals surface area contributed by atoms with Gasteiger partial charge in [0.2, 0.25) is 0 Å². The molecule has 1 aliphatic rings. The fraction of sp³-hybridized carbons (Fsp3) is 0.435. The predicted molar refractivity (Wildman–Crippen MR) is 136 cm³/mol. The summed E-state index contributed by atoms with van der Waals surface area (Å²) in [6, 6.07) is 11.1. The molecule has 1 aromatic carbocycles.